The smallest absolute Gasteiger partial charge is 0.233 e. The first-order valence-corrected chi connectivity index (χ1v) is 8.83. The predicted octanol–water partition coefficient (Wildman–Crippen LogP) is 3.15. The van der Waals surface area contributed by atoms with Crippen LogP contribution in [0.15, 0.2) is 30.3 Å². The van der Waals surface area contributed by atoms with Crippen LogP contribution in [0.1, 0.15) is 25.3 Å². The second kappa shape index (κ2) is 8.39. The molecular formula is C16H22N2OS2. The summed E-state index contributed by atoms with van der Waals surface area (Å²) in [5.74, 6) is 0.601. The summed E-state index contributed by atoms with van der Waals surface area (Å²) < 4.78 is 0.872. The minimum Gasteiger partial charge on any atom is -0.358 e. The van der Waals surface area contributed by atoms with Gasteiger partial charge >= 0.3 is 0 Å². The molecule has 21 heavy (non-hydrogen) atoms. The fourth-order valence-corrected chi connectivity index (χ4v) is 3.54. The van der Waals surface area contributed by atoms with E-state index in [9.17, 15) is 4.79 Å². The Bertz CT molecular complexity index is 472. The highest BCUT2D eigenvalue weighted by Gasteiger charge is 2.18. The fraction of sp³-hybridized carbons (Fsp3) is 0.500. The van der Waals surface area contributed by atoms with Crippen LogP contribution in [0, 0.1) is 0 Å². The van der Waals surface area contributed by atoms with E-state index in [4.69, 9.17) is 12.2 Å². The van der Waals surface area contributed by atoms with Crippen LogP contribution in [0.5, 0.6) is 0 Å². The van der Waals surface area contributed by atoms with Crippen LogP contribution in [0.25, 0.3) is 0 Å². The van der Waals surface area contributed by atoms with Crippen molar-refractivity contribution in [3.05, 3.63) is 35.9 Å². The van der Waals surface area contributed by atoms with Crippen molar-refractivity contribution in [2.75, 3.05) is 25.4 Å². The molecule has 1 aliphatic heterocycles. The molecule has 2 rings (SSSR count). The van der Waals surface area contributed by atoms with Crippen molar-refractivity contribution >= 4 is 34.2 Å². The van der Waals surface area contributed by atoms with E-state index in [0.717, 1.165) is 24.0 Å². The van der Waals surface area contributed by atoms with Gasteiger partial charge in [0.05, 0.1) is 5.75 Å². The summed E-state index contributed by atoms with van der Waals surface area (Å²) in [6.07, 6.45) is 2.42. The number of carbonyl (C=O) groups excluding carboxylic acids is 1. The normalized spacial score (nSPS) is 14.2. The van der Waals surface area contributed by atoms with Crippen LogP contribution in [0.2, 0.25) is 0 Å². The second-order valence-corrected chi connectivity index (χ2v) is 6.75. The zero-order valence-electron chi connectivity index (χ0n) is 12.5. The number of hydrogen-bond donors (Lipinski definition) is 0. The number of likely N-dealkylation sites (tertiary alicyclic amines) is 1. The van der Waals surface area contributed by atoms with Gasteiger partial charge < -0.3 is 9.80 Å². The topological polar surface area (TPSA) is 23.6 Å². The summed E-state index contributed by atoms with van der Waals surface area (Å²) >= 11 is 6.91. The molecule has 0 aromatic heterocycles. The Labute approximate surface area is 136 Å². The molecule has 1 aromatic carbocycles. The molecule has 1 heterocycles. The molecule has 1 amide bonds. The number of hydrogen-bond acceptors (Lipinski definition) is 3. The lowest BCUT2D eigenvalue weighted by atomic mass is 10.2. The monoisotopic (exact) mass is 322 g/mol. The Morgan fingerprint density at radius 2 is 1.95 bits per heavy atom. The standard InChI is InChI=1S/C16H22N2OS2/c1-2-17(12-14-8-4-3-5-9-14)15(19)13-21-16(20)18-10-6-7-11-18/h3-5,8-9H,2,6-7,10-13H2,1H3. The van der Waals surface area contributed by atoms with Gasteiger partial charge in [0.2, 0.25) is 5.91 Å². The third-order valence-corrected chi connectivity index (χ3v) is 5.14. The van der Waals surface area contributed by atoms with Gasteiger partial charge in [-0.05, 0) is 25.3 Å². The summed E-state index contributed by atoms with van der Waals surface area (Å²) in [6, 6.07) is 10.1. The van der Waals surface area contributed by atoms with Gasteiger partial charge in [-0.25, -0.2) is 0 Å². The third-order valence-electron chi connectivity index (χ3n) is 3.63. The number of benzene rings is 1. The van der Waals surface area contributed by atoms with Gasteiger partial charge in [-0.15, -0.1) is 0 Å². The molecule has 0 radical (unpaired) electrons. The van der Waals surface area contributed by atoms with Crippen LogP contribution < -0.4 is 0 Å². The van der Waals surface area contributed by atoms with E-state index >= 15 is 0 Å². The van der Waals surface area contributed by atoms with Crippen molar-refractivity contribution in [1.82, 2.24) is 9.80 Å². The van der Waals surface area contributed by atoms with E-state index in [-0.39, 0.29) is 5.91 Å². The molecular weight excluding hydrogens is 300 g/mol. The Balaban J connectivity index is 1.81. The summed E-state index contributed by atoms with van der Waals surface area (Å²) in [4.78, 5) is 16.4. The molecule has 0 bridgehead atoms. The molecule has 0 aliphatic carbocycles. The molecule has 0 unspecified atom stereocenters. The number of thioether (sulfide) groups is 1. The van der Waals surface area contributed by atoms with Gasteiger partial charge in [0.1, 0.15) is 4.32 Å². The first kappa shape index (κ1) is 16.3. The second-order valence-electron chi connectivity index (χ2n) is 5.14. The molecule has 3 nitrogen and oxygen atoms in total. The quantitative estimate of drug-likeness (QED) is 0.777. The molecule has 1 fully saturated rings. The highest BCUT2D eigenvalue weighted by molar-refractivity contribution is 8.23. The van der Waals surface area contributed by atoms with Crippen LogP contribution in [-0.2, 0) is 11.3 Å². The fourth-order valence-electron chi connectivity index (χ4n) is 2.39. The lowest BCUT2D eigenvalue weighted by Gasteiger charge is -2.22. The van der Waals surface area contributed by atoms with Gasteiger partial charge in [-0.2, -0.15) is 0 Å². The van der Waals surface area contributed by atoms with Gasteiger partial charge in [0.15, 0.2) is 0 Å². The Morgan fingerprint density at radius 3 is 2.57 bits per heavy atom. The van der Waals surface area contributed by atoms with E-state index in [2.05, 4.69) is 17.0 Å². The Kier molecular flexibility index (Phi) is 6.51. The minimum absolute atomic E-state index is 0.160. The predicted molar refractivity (Wildman–Crippen MR) is 93.4 cm³/mol. The van der Waals surface area contributed by atoms with Crippen molar-refractivity contribution in [2.24, 2.45) is 0 Å². The Morgan fingerprint density at radius 1 is 1.29 bits per heavy atom. The molecule has 0 N–H and O–H groups in total. The number of thiocarbonyl (C=S) groups is 1. The zero-order chi connectivity index (χ0) is 15.1. The van der Waals surface area contributed by atoms with E-state index in [1.165, 1.54) is 30.2 Å². The maximum absolute atomic E-state index is 12.3. The summed E-state index contributed by atoms with van der Waals surface area (Å²) in [5.41, 5.74) is 1.17. The highest BCUT2D eigenvalue weighted by Crippen LogP contribution is 2.17. The molecule has 0 spiro atoms. The average molecular weight is 322 g/mol. The first-order chi connectivity index (χ1) is 10.2. The highest BCUT2D eigenvalue weighted by atomic mass is 32.2. The molecule has 0 atom stereocenters. The number of rotatable bonds is 5. The lowest BCUT2D eigenvalue weighted by Crippen LogP contribution is -2.33. The van der Waals surface area contributed by atoms with Gasteiger partial charge in [-0.1, -0.05) is 54.3 Å². The van der Waals surface area contributed by atoms with Gasteiger partial charge in [-0.3, -0.25) is 4.79 Å². The van der Waals surface area contributed by atoms with E-state index in [1.807, 2.05) is 30.0 Å². The van der Waals surface area contributed by atoms with E-state index in [1.54, 1.807) is 0 Å². The average Bonchev–Trinajstić information content (AvgIpc) is 3.05. The molecule has 0 saturated carbocycles. The molecule has 1 aliphatic rings. The maximum Gasteiger partial charge on any atom is 0.233 e. The largest absolute Gasteiger partial charge is 0.358 e. The van der Waals surface area contributed by atoms with Crippen molar-refractivity contribution in [3.8, 4) is 0 Å². The number of amides is 1. The van der Waals surface area contributed by atoms with E-state index in [0.29, 0.717) is 12.3 Å². The summed E-state index contributed by atoms with van der Waals surface area (Å²) in [6.45, 7) is 5.51. The van der Waals surface area contributed by atoms with Crippen LogP contribution in [0.3, 0.4) is 0 Å². The van der Waals surface area contributed by atoms with Crippen molar-refractivity contribution in [2.45, 2.75) is 26.3 Å². The Hall–Kier alpha value is -1.07. The van der Waals surface area contributed by atoms with Crippen molar-refractivity contribution in [3.63, 3.8) is 0 Å². The maximum atomic E-state index is 12.3. The van der Waals surface area contributed by atoms with Crippen LogP contribution >= 0.6 is 24.0 Å². The van der Waals surface area contributed by atoms with Crippen LogP contribution in [0.4, 0.5) is 0 Å². The van der Waals surface area contributed by atoms with Crippen molar-refractivity contribution < 1.29 is 4.79 Å². The molecule has 1 aromatic rings. The van der Waals surface area contributed by atoms with Gasteiger partial charge in [0, 0.05) is 26.2 Å². The number of nitrogens with zero attached hydrogens (tertiary/aromatic N) is 2. The third kappa shape index (κ3) is 5.00. The number of carbonyl (C=O) groups is 1. The zero-order valence-corrected chi connectivity index (χ0v) is 14.1. The molecule has 5 heteroatoms. The molecule has 1 saturated heterocycles. The van der Waals surface area contributed by atoms with Crippen LogP contribution in [-0.4, -0.2) is 45.4 Å². The lowest BCUT2D eigenvalue weighted by molar-refractivity contribution is -0.128. The first-order valence-electron chi connectivity index (χ1n) is 7.44. The summed E-state index contributed by atoms with van der Waals surface area (Å²) in [7, 11) is 0. The minimum atomic E-state index is 0.160. The summed E-state index contributed by atoms with van der Waals surface area (Å²) in [5, 5.41) is 0. The van der Waals surface area contributed by atoms with E-state index < -0.39 is 0 Å². The SMILES string of the molecule is CCN(Cc1ccccc1)C(=O)CSC(=S)N1CCCC1. The molecule has 114 valence electrons. The van der Waals surface area contributed by atoms with Gasteiger partial charge in [0.25, 0.3) is 0 Å². The van der Waals surface area contributed by atoms with Crippen molar-refractivity contribution in [1.29, 1.82) is 0 Å².